The number of aryl methyl sites for hydroxylation is 3. The van der Waals surface area contributed by atoms with Crippen molar-refractivity contribution < 1.29 is 0 Å². The molecule has 0 spiro atoms. The van der Waals surface area contributed by atoms with E-state index in [1.54, 1.807) is 0 Å². The lowest BCUT2D eigenvalue weighted by Crippen LogP contribution is -2.02. The third-order valence-corrected chi connectivity index (χ3v) is 3.48. The van der Waals surface area contributed by atoms with Gasteiger partial charge in [0, 0.05) is 23.8 Å². The highest BCUT2D eigenvalue weighted by Crippen LogP contribution is 2.32. The van der Waals surface area contributed by atoms with Crippen molar-refractivity contribution >= 4 is 16.6 Å². The van der Waals surface area contributed by atoms with E-state index in [0.29, 0.717) is 0 Å². The van der Waals surface area contributed by atoms with E-state index in [1.807, 2.05) is 7.05 Å². The minimum Gasteiger partial charge on any atom is -0.387 e. The van der Waals surface area contributed by atoms with Gasteiger partial charge in [-0.25, -0.2) is 0 Å². The largest absolute Gasteiger partial charge is 0.387 e. The van der Waals surface area contributed by atoms with Crippen LogP contribution in [0.15, 0.2) is 12.1 Å². The van der Waals surface area contributed by atoms with Crippen LogP contribution in [0.4, 0.5) is 5.69 Å². The summed E-state index contributed by atoms with van der Waals surface area (Å²) in [6.45, 7) is 8.59. The molecule has 0 amide bonds. The van der Waals surface area contributed by atoms with Crippen LogP contribution in [0.1, 0.15) is 29.3 Å². The quantitative estimate of drug-likeness (QED) is 0.846. The zero-order valence-corrected chi connectivity index (χ0v) is 11.3. The van der Waals surface area contributed by atoms with Gasteiger partial charge in [-0.1, -0.05) is 19.1 Å². The molecule has 1 heterocycles. The summed E-state index contributed by atoms with van der Waals surface area (Å²) in [5, 5.41) is 4.61. The topological polar surface area (TPSA) is 24.9 Å². The highest BCUT2D eigenvalue weighted by atomic mass is 14.8. The maximum atomic E-state index is 4.82. The van der Waals surface area contributed by atoms with E-state index in [4.69, 9.17) is 4.98 Å². The summed E-state index contributed by atoms with van der Waals surface area (Å²) in [4.78, 5) is 4.82. The number of rotatable bonds is 2. The van der Waals surface area contributed by atoms with E-state index in [0.717, 1.165) is 11.9 Å². The van der Waals surface area contributed by atoms with Crippen molar-refractivity contribution in [2.75, 3.05) is 12.4 Å². The number of pyridine rings is 1. The molecule has 2 aromatic rings. The summed E-state index contributed by atoms with van der Waals surface area (Å²) in [6, 6.07) is 4.32. The van der Waals surface area contributed by atoms with E-state index in [-0.39, 0.29) is 0 Å². The molecular formula is C15H20N2. The molecule has 1 aromatic carbocycles. The molecule has 2 heteroatoms. The van der Waals surface area contributed by atoms with Gasteiger partial charge in [-0.2, -0.15) is 0 Å². The molecule has 90 valence electrons. The first kappa shape index (κ1) is 11.9. The van der Waals surface area contributed by atoms with Gasteiger partial charge in [-0.05, 0) is 43.9 Å². The SMILES string of the molecule is CCc1nc2c(C)ccc(C)c2c(NC)c1C. The van der Waals surface area contributed by atoms with Crippen LogP contribution in [0, 0.1) is 20.8 Å². The molecule has 0 atom stereocenters. The van der Waals surface area contributed by atoms with Gasteiger partial charge < -0.3 is 5.32 Å². The second-order valence-corrected chi connectivity index (χ2v) is 4.59. The Bertz CT molecular complexity index is 571. The van der Waals surface area contributed by atoms with Gasteiger partial charge >= 0.3 is 0 Å². The maximum Gasteiger partial charge on any atom is 0.0758 e. The summed E-state index contributed by atoms with van der Waals surface area (Å²) in [5.41, 5.74) is 7.36. The summed E-state index contributed by atoms with van der Waals surface area (Å²) in [7, 11) is 1.99. The number of hydrogen-bond donors (Lipinski definition) is 1. The maximum absolute atomic E-state index is 4.82. The summed E-state index contributed by atoms with van der Waals surface area (Å²) < 4.78 is 0. The summed E-state index contributed by atoms with van der Waals surface area (Å²) in [5.74, 6) is 0. The van der Waals surface area contributed by atoms with E-state index in [9.17, 15) is 0 Å². The summed E-state index contributed by atoms with van der Waals surface area (Å²) >= 11 is 0. The van der Waals surface area contributed by atoms with Crippen LogP contribution in [0.2, 0.25) is 0 Å². The minimum atomic E-state index is 0.976. The van der Waals surface area contributed by atoms with Gasteiger partial charge in [0.2, 0.25) is 0 Å². The molecule has 1 N–H and O–H groups in total. The van der Waals surface area contributed by atoms with Crippen LogP contribution in [0.25, 0.3) is 10.9 Å². The van der Waals surface area contributed by atoms with E-state index >= 15 is 0 Å². The van der Waals surface area contributed by atoms with Crippen LogP contribution in [-0.4, -0.2) is 12.0 Å². The van der Waals surface area contributed by atoms with Crippen molar-refractivity contribution in [1.82, 2.24) is 4.98 Å². The highest BCUT2D eigenvalue weighted by molar-refractivity contribution is 5.97. The second kappa shape index (κ2) is 4.36. The lowest BCUT2D eigenvalue weighted by Gasteiger charge is -2.16. The molecule has 0 aliphatic heterocycles. The van der Waals surface area contributed by atoms with Crippen molar-refractivity contribution in [2.45, 2.75) is 34.1 Å². The normalized spacial score (nSPS) is 10.9. The zero-order chi connectivity index (χ0) is 12.6. The Labute approximate surface area is 103 Å². The van der Waals surface area contributed by atoms with Crippen LogP contribution in [0.5, 0.6) is 0 Å². The van der Waals surface area contributed by atoms with E-state index < -0.39 is 0 Å². The Kier molecular flexibility index (Phi) is 3.05. The molecule has 1 aromatic heterocycles. The molecule has 2 nitrogen and oxygen atoms in total. The van der Waals surface area contributed by atoms with Crippen LogP contribution in [-0.2, 0) is 6.42 Å². The van der Waals surface area contributed by atoms with Gasteiger partial charge in [0.1, 0.15) is 0 Å². The molecule has 0 aliphatic carbocycles. The Balaban J connectivity index is 2.97. The van der Waals surface area contributed by atoms with Crippen LogP contribution in [0.3, 0.4) is 0 Å². The molecule has 0 unspecified atom stereocenters. The van der Waals surface area contributed by atoms with Crippen molar-refractivity contribution in [1.29, 1.82) is 0 Å². The minimum absolute atomic E-state index is 0.976. The zero-order valence-electron chi connectivity index (χ0n) is 11.3. The predicted molar refractivity (Wildman–Crippen MR) is 74.9 cm³/mol. The standard InChI is InChI=1S/C15H20N2/c1-6-12-11(4)15(16-5)13-9(2)7-8-10(3)14(13)17-12/h7-8H,6H2,1-5H3,(H,16,17). The Hall–Kier alpha value is -1.57. The van der Waals surface area contributed by atoms with Crippen molar-refractivity contribution in [2.24, 2.45) is 0 Å². The molecule has 0 saturated heterocycles. The van der Waals surface area contributed by atoms with Crippen molar-refractivity contribution in [3.63, 3.8) is 0 Å². The van der Waals surface area contributed by atoms with E-state index in [1.165, 1.54) is 33.5 Å². The molecule has 0 fully saturated rings. The predicted octanol–water partition coefficient (Wildman–Crippen LogP) is 3.76. The molecule has 0 bridgehead atoms. The number of aromatic nitrogens is 1. The monoisotopic (exact) mass is 228 g/mol. The first-order valence-electron chi connectivity index (χ1n) is 6.17. The fraction of sp³-hybridized carbons (Fsp3) is 0.400. The molecule has 0 aliphatic rings. The van der Waals surface area contributed by atoms with Gasteiger partial charge in [-0.15, -0.1) is 0 Å². The number of nitrogens with one attached hydrogen (secondary N) is 1. The number of benzene rings is 1. The Morgan fingerprint density at radius 2 is 1.76 bits per heavy atom. The van der Waals surface area contributed by atoms with Gasteiger partial charge in [-0.3, -0.25) is 4.98 Å². The number of nitrogens with zero attached hydrogens (tertiary/aromatic N) is 1. The molecule has 0 radical (unpaired) electrons. The average Bonchev–Trinajstić information content (AvgIpc) is 2.33. The van der Waals surface area contributed by atoms with Crippen LogP contribution >= 0.6 is 0 Å². The molecule has 17 heavy (non-hydrogen) atoms. The van der Waals surface area contributed by atoms with Gasteiger partial charge in [0.15, 0.2) is 0 Å². The number of hydrogen-bond acceptors (Lipinski definition) is 2. The number of anilines is 1. The first-order valence-corrected chi connectivity index (χ1v) is 6.17. The fourth-order valence-corrected chi connectivity index (χ4v) is 2.46. The lowest BCUT2D eigenvalue weighted by atomic mass is 9.99. The first-order chi connectivity index (χ1) is 8.10. The second-order valence-electron chi connectivity index (χ2n) is 4.59. The molecule has 2 rings (SSSR count). The average molecular weight is 228 g/mol. The number of fused-ring (bicyclic) bond motifs is 1. The lowest BCUT2D eigenvalue weighted by molar-refractivity contribution is 1.03. The fourth-order valence-electron chi connectivity index (χ4n) is 2.46. The van der Waals surface area contributed by atoms with Gasteiger partial charge in [0.25, 0.3) is 0 Å². The smallest absolute Gasteiger partial charge is 0.0758 e. The highest BCUT2D eigenvalue weighted by Gasteiger charge is 2.12. The van der Waals surface area contributed by atoms with E-state index in [2.05, 4.69) is 45.1 Å². The molecular weight excluding hydrogens is 208 g/mol. The Morgan fingerprint density at radius 3 is 2.35 bits per heavy atom. The Morgan fingerprint density at radius 1 is 1.12 bits per heavy atom. The van der Waals surface area contributed by atoms with Crippen LogP contribution < -0.4 is 5.32 Å². The molecule has 0 saturated carbocycles. The van der Waals surface area contributed by atoms with Crippen molar-refractivity contribution in [3.05, 3.63) is 34.5 Å². The third-order valence-electron chi connectivity index (χ3n) is 3.48. The summed E-state index contributed by atoms with van der Waals surface area (Å²) in [6.07, 6.45) is 0.976. The van der Waals surface area contributed by atoms with Gasteiger partial charge in [0.05, 0.1) is 5.52 Å². The van der Waals surface area contributed by atoms with Crippen molar-refractivity contribution in [3.8, 4) is 0 Å². The third kappa shape index (κ3) is 1.78.